The Kier molecular flexibility index (Phi) is 4.90. The van der Waals surface area contributed by atoms with Crippen LogP contribution in [0.15, 0.2) is 36.5 Å². The summed E-state index contributed by atoms with van der Waals surface area (Å²) in [6.45, 7) is 2.16. The van der Waals surface area contributed by atoms with E-state index >= 15 is 0 Å². The predicted octanol–water partition coefficient (Wildman–Crippen LogP) is 4.52. The number of carbonyl (C=O) groups is 1. The molecule has 3 heterocycles. The fraction of sp³-hybridized carbons (Fsp3) is 0.217. The minimum absolute atomic E-state index is 0.246. The summed E-state index contributed by atoms with van der Waals surface area (Å²) in [7, 11) is 5.08. The molecule has 0 spiro atoms. The molecule has 0 saturated heterocycles. The number of hydrogen-bond donors (Lipinski definition) is 0. The summed E-state index contributed by atoms with van der Waals surface area (Å²) in [5, 5.41) is 11.7. The number of fused-ring (bicyclic) bond motifs is 2. The zero-order valence-electron chi connectivity index (χ0n) is 18.0. The maximum atomic E-state index is 12.6. The van der Waals surface area contributed by atoms with Gasteiger partial charge in [0.15, 0.2) is 11.5 Å². The molecular formula is C23H20N4O4S. The highest BCUT2D eigenvalue weighted by atomic mass is 32.1. The van der Waals surface area contributed by atoms with E-state index in [0.29, 0.717) is 17.1 Å². The molecule has 0 radical (unpaired) electrons. The average molecular weight is 449 g/mol. The third kappa shape index (κ3) is 3.21. The molecule has 32 heavy (non-hydrogen) atoms. The molecule has 2 aromatic carbocycles. The summed E-state index contributed by atoms with van der Waals surface area (Å²) in [4.78, 5) is 19.1. The quantitative estimate of drug-likeness (QED) is 0.412. The molecule has 0 aliphatic carbocycles. The lowest BCUT2D eigenvalue weighted by atomic mass is 9.91. The van der Waals surface area contributed by atoms with Crippen LogP contribution >= 0.6 is 11.3 Å². The first-order chi connectivity index (χ1) is 15.5. The molecule has 162 valence electrons. The number of anilines is 2. The van der Waals surface area contributed by atoms with Crippen molar-refractivity contribution in [3.8, 4) is 22.6 Å². The molecule has 4 aromatic rings. The highest BCUT2D eigenvalue weighted by Crippen LogP contribution is 2.42. The van der Waals surface area contributed by atoms with Crippen molar-refractivity contribution in [2.24, 2.45) is 0 Å². The second-order valence-corrected chi connectivity index (χ2v) is 8.52. The average Bonchev–Trinajstić information content (AvgIpc) is 3.41. The van der Waals surface area contributed by atoms with E-state index in [1.54, 1.807) is 20.4 Å². The minimum atomic E-state index is -0.336. The molecule has 0 fully saturated rings. The van der Waals surface area contributed by atoms with Crippen molar-refractivity contribution in [2.75, 3.05) is 26.2 Å². The van der Waals surface area contributed by atoms with Gasteiger partial charge in [-0.15, -0.1) is 10.2 Å². The van der Waals surface area contributed by atoms with Crippen LogP contribution in [-0.4, -0.2) is 42.4 Å². The van der Waals surface area contributed by atoms with Gasteiger partial charge in [0.2, 0.25) is 5.13 Å². The third-order valence-corrected chi connectivity index (χ3v) is 6.39. The first kappa shape index (κ1) is 20.2. The van der Waals surface area contributed by atoms with Gasteiger partial charge in [-0.2, -0.15) is 0 Å². The summed E-state index contributed by atoms with van der Waals surface area (Å²) >= 11 is 1.49. The van der Waals surface area contributed by atoms with Crippen molar-refractivity contribution >= 4 is 39.0 Å². The molecule has 0 saturated carbocycles. The Balaban J connectivity index is 1.67. The minimum Gasteiger partial charge on any atom is -0.493 e. The SMILES string of the molecule is COc1cc2cc3c(c(-c4ccc(N(C)c5nnc(C)s5)nc4)c2cc1OC)C(=O)OC3. The van der Waals surface area contributed by atoms with Crippen LogP contribution in [0.5, 0.6) is 11.5 Å². The van der Waals surface area contributed by atoms with E-state index in [0.717, 1.165) is 43.4 Å². The number of rotatable bonds is 5. The van der Waals surface area contributed by atoms with E-state index in [1.165, 1.54) is 11.3 Å². The normalized spacial score (nSPS) is 12.6. The molecule has 8 nitrogen and oxygen atoms in total. The Morgan fingerprint density at radius 1 is 1.06 bits per heavy atom. The summed E-state index contributed by atoms with van der Waals surface area (Å²) in [6.07, 6.45) is 1.76. The monoisotopic (exact) mass is 448 g/mol. The standard InChI is InChI=1S/C23H20N4O4S/c1-12-25-26-23(32-12)27(2)19-6-5-13(10-24-19)20-16-9-18(30-4)17(29-3)8-14(16)7-15-11-31-22(28)21(15)20/h5-10H,11H2,1-4H3. The number of ether oxygens (including phenoxy) is 3. The van der Waals surface area contributed by atoms with Crippen LogP contribution in [0.2, 0.25) is 0 Å². The Morgan fingerprint density at radius 3 is 2.50 bits per heavy atom. The molecule has 0 unspecified atom stereocenters. The van der Waals surface area contributed by atoms with E-state index < -0.39 is 0 Å². The zero-order chi connectivity index (χ0) is 22.4. The molecule has 1 aliphatic rings. The van der Waals surface area contributed by atoms with Crippen LogP contribution in [0.1, 0.15) is 20.9 Å². The predicted molar refractivity (Wildman–Crippen MR) is 122 cm³/mol. The largest absolute Gasteiger partial charge is 0.493 e. The number of carbonyl (C=O) groups excluding carboxylic acids is 1. The molecule has 0 N–H and O–H groups in total. The molecule has 5 rings (SSSR count). The Morgan fingerprint density at radius 2 is 1.84 bits per heavy atom. The maximum Gasteiger partial charge on any atom is 0.339 e. The Labute approximate surface area is 188 Å². The fourth-order valence-electron chi connectivity index (χ4n) is 3.90. The van der Waals surface area contributed by atoms with Gasteiger partial charge in [-0.1, -0.05) is 11.3 Å². The summed E-state index contributed by atoms with van der Waals surface area (Å²) in [5.74, 6) is 1.60. The first-order valence-electron chi connectivity index (χ1n) is 9.89. The fourth-order valence-corrected chi connectivity index (χ4v) is 4.56. The lowest BCUT2D eigenvalue weighted by Crippen LogP contribution is -2.10. The van der Waals surface area contributed by atoms with Crippen LogP contribution < -0.4 is 14.4 Å². The number of esters is 1. The third-order valence-electron chi connectivity index (χ3n) is 5.47. The van der Waals surface area contributed by atoms with E-state index in [-0.39, 0.29) is 12.6 Å². The molecule has 0 atom stereocenters. The maximum absolute atomic E-state index is 12.6. The number of hydrogen-bond acceptors (Lipinski definition) is 9. The van der Waals surface area contributed by atoms with Gasteiger partial charge in [0.05, 0.1) is 19.8 Å². The molecule has 1 aliphatic heterocycles. The van der Waals surface area contributed by atoms with Gasteiger partial charge in [0, 0.05) is 29.9 Å². The van der Waals surface area contributed by atoms with Gasteiger partial charge in [-0.3, -0.25) is 0 Å². The number of cyclic esters (lactones) is 1. The Hall–Kier alpha value is -3.72. The smallest absolute Gasteiger partial charge is 0.339 e. The number of aromatic nitrogens is 3. The van der Waals surface area contributed by atoms with Gasteiger partial charge in [-0.25, -0.2) is 9.78 Å². The topological polar surface area (TPSA) is 86.7 Å². The van der Waals surface area contributed by atoms with Crippen LogP contribution in [-0.2, 0) is 11.3 Å². The molecule has 0 bridgehead atoms. The number of pyridine rings is 1. The first-order valence-corrected chi connectivity index (χ1v) is 10.7. The van der Waals surface area contributed by atoms with Gasteiger partial charge in [-0.05, 0) is 48.0 Å². The van der Waals surface area contributed by atoms with Gasteiger partial charge >= 0.3 is 5.97 Å². The van der Waals surface area contributed by atoms with Crippen molar-refractivity contribution in [3.63, 3.8) is 0 Å². The summed E-state index contributed by atoms with van der Waals surface area (Å²) in [5.41, 5.74) is 2.99. The number of aryl methyl sites for hydroxylation is 1. The van der Waals surface area contributed by atoms with E-state index in [2.05, 4.69) is 15.2 Å². The second-order valence-electron chi connectivity index (χ2n) is 7.36. The van der Waals surface area contributed by atoms with Crippen LogP contribution in [0.25, 0.3) is 21.9 Å². The number of nitrogens with zero attached hydrogens (tertiary/aromatic N) is 4. The molecule has 2 aromatic heterocycles. The van der Waals surface area contributed by atoms with E-state index in [4.69, 9.17) is 14.2 Å². The molecule has 9 heteroatoms. The van der Waals surface area contributed by atoms with E-state index in [9.17, 15) is 4.79 Å². The lowest BCUT2D eigenvalue weighted by Gasteiger charge is -2.16. The van der Waals surface area contributed by atoms with Crippen molar-refractivity contribution in [1.29, 1.82) is 0 Å². The number of methoxy groups -OCH3 is 2. The zero-order valence-corrected chi connectivity index (χ0v) is 18.8. The van der Waals surface area contributed by atoms with Gasteiger partial charge < -0.3 is 19.1 Å². The van der Waals surface area contributed by atoms with Crippen molar-refractivity contribution in [1.82, 2.24) is 15.2 Å². The Bertz CT molecular complexity index is 1350. The highest BCUT2D eigenvalue weighted by Gasteiger charge is 2.28. The second kappa shape index (κ2) is 7.76. The van der Waals surface area contributed by atoms with Crippen molar-refractivity contribution in [3.05, 3.63) is 52.7 Å². The number of benzene rings is 2. The van der Waals surface area contributed by atoms with Crippen molar-refractivity contribution in [2.45, 2.75) is 13.5 Å². The molecule has 0 amide bonds. The van der Waals surface area contributed by atoms with Gasteiger partial charge in [0.1, 0.15) is 17.4 Å². The summed E-state index contributed by atoms with van der Waals surface area (Å²) in [6, 6.07) is 9.62. The molecular weight excluding hydrogens is 428 g/mol. The van der Waals surface area contributed by atoms with Crippen LogP contribution in [0, 0.1) is 6.92 Å². The van der Waals surface area contributed by atoms with Crippen LogP contribution in [0.4, 0.5) is 10.9 Å². The highest BCUT2D eigenvalue weighted by molar-refractivity contribution is 7.15. The lowest BCUT2D eigenvalue weighted by molar-refractivity contribution is 0.0535. The van der Waals surface area contributed by atoms with Crippen LogP contribution in [0.3, 0.4) is 0 Å². The van der Waals surface area contributed by atoms with Crippen molar-refractivity contribution < 1.29 is 19.0 Å². The van der Waals surface area contributed by atoms with Gasteiger partial charge in [0.25, 0.3) is 0 Å². The van der Waals surface area contributed by atoms with E-state index in [1.807, 2.05) is 49.2 Å². The summed E-state index contributed by atoms with van der Waals surface area (Å²) < 4.78 is 16.3.